The molecule has 0 spiro atoms. The van der Waals surface area contributed by atoms with Gasteiger partial charge in [0, 0.05) is 40.8 Å². The second-order valence-corrected chi connectivity index (χ2v) is 15.1. The number of nitrogens with zero attached hydrogens (tertiary/aromatic N) is 2. The highest BCUT2D eigenvalue weighted by Gasteiger charge is 2.16. The van der Waals surface area contributed by atoms with Crippen molar-refractivity contribution in [2.24, 2.45) is 0 Å². The summed E-state index contributed by atoms with van der Waals surface area (Å²) in [4.78, 5) is 22.5. The van der Waals surface area contributed by atoms with Gasteiger partial charge < -0.3 is 5.11 Å². The Morgan fingerprint density at radius 3 is 1.63 bits per heavy atom. The van der Waals surface area contributed by atoms with Crippen LogP contribution in [0.1, 0.15) is 18.9 Å². The van der Waals surface area contributed by atoms with E-state index in [-0.39, 0.29) is 11.5 Å². The fraction of sp³-hybridized carbons (Fsp3) is 0.0536. The van der Waals surface area contributed by atoms with Crippen LogP contribution in [0.4, 0.5) is 0 Å². The molecule has 4 nitrogen and oxygen atoms in total. The minimum Gasteiger partial charge on any atom is -0.512 e. The molecule has 0 fully saturated rings. The van der Waals surface area contributed by atoms with Crippen LogP contribution in [-0.4, -0.2) is 20.9 Å². The standard InChI is InChI=1S/C56H42N2O2/c1-38(59)33-48(60)30-27-39-13-5-7-17-49(39)45-34-46(36-47(35-45)53-21-11-9-19-51(53)44-29-31-54(57-37-44)41-14-3-2-4-15-41)52-20-10-8-18-50(52)40-23-25-43(26-24-40)56-32-28-42-16-6-12-22-55(42)58-56/h2-26,28-29,31-37,59H,27,30H2,1H3. The summed E-state index contributed by atoms with van der Waals surface area (Å²) in [6, 6.07) is 67.8. The lowest BCUT2D eigenvalue weighted by atomic mass is 9.86. The number of aryl methyl sites for hydroxylation is 1. The van der Waals surface area contributed by atoms with Crippen molar-refractivity contribution >= 4 is 16.7 Å². The number of carbonyl (C=O) groups is 1. The van der Waals surface area contributed by atoms with Crippen LogP contribution < -0.4 is 0 Å². The highest BCUT2D eigenvalue weighted by molar-refractivity contribution is 5.93. The van der Waals surface area contributed by atoms with E-state index in [4.69, 9.17) is 9.97 Å². The van der Waals surface area contributed by atoms with Gasteiger partial charge in [0.2, 0.25) is 0 Å². The molecular formula is C56H42N2O2. The third kappa shape index (κ3) is 8.18. The molecule has 60 heavy (non-hydrogen) atoms. The lowest BCUT2D eigenvalue weighted by Gasteiger charge is -2.18. The van der Waals surface area contributed by atoms with Crippen LogP contribution in [0.2, 0.25) is 0 Å². The summed E-state index contributed by atoms with van der Waals surface area (Å²) < 4.78 is 0. The maximum absolute atomic E-state index is 12.7. The molecule has 4 heteroatoms. The second-order valence-electron chi connectivity index (χ2n) is 15.1. The SMILES string of the molecule is CC(O)=CC(=O)CCc1ccccc1-c1cc(-c2ccccc2-c2ccc(-c3ccc4ccccc4n3)cc2)cc(-c2ccccc2-c2ccc(-c3ccccc3)nc2)c1. The third-order valence-corrected chi connectivity index (χ3v) is 11.0. The Bertz CT molecular complexity index is 3000. The van der Waals surface area contributed by atoms with Crippen LogP contribution in [0.5, 0.6) is 0 Å². The monoisotopic (exact) mass is 774 g/mol. The average molecular weight is 775 g/mol. The van der Waals surface area contributed by atoms with E-state index in [1.165, 1.54) is 13.0 Å². The number of benzene rings is 7. The summed E-state index contributed by atoms with van der Waals surface area (Å²) in [5.74, 6) is -0.0794. The van der Waals surface area contributed by atoms with Crippen molar-refractivity contribution in [2.75, 3.05) is 0 Å². The molecule has 2 heterocycles. The van der Waals surface area contributed by atoms with Crippen molar-refractivity contribution in [3.63, 3.8) is 0 Å². The van der Waals surface area contributed by atoms with E-state index < -0.39 is 0 Å². The van der Waals surface area contributed by atoms with Crippen LogP contribution in [0.3, 0.4) is 0 Å². The van der Waals surface area contributed by atoms with E-state index in [1.807, 2.05) is 42.6 Å². The number of pyridine rings is 2. The van der Waals surface area contributed by atoms with Gasteiger partial charge in [-0.15, -0.1) is 0 Å². The second kappa shape index (κ2) is 17.0. The molecule has 0 amide bonds. The van der Waals surface area contributed by atoms with E-state index in [0.29, 0.717) is 12.8 Å². The average Bonchev–Trinajstić information content (AvgIpc) is 3.31. The Morgan fingerprint density at radius 1 is 0.483 bits per heavy atom. The first kappa shape index (κ1) is 37.9. The predicted molar refractivity (Wildman–Crippen MR) is 247 cm³/mol. The van der Waals surface area contributed by atoms with E-state index in [1.54, 1.807) is 0 Å². The number of para-hydroxylation sites is 1. The quantitative estimate of drug-likeness (QED) is 0.105. The highest BCUT2D eigenvalue weighted by Crippen LogP contribution is 2.41. The number of carbonyl (C=O) groups excluding carboxylic acids is 1. The van der Waals surface area contributed by atoms with E-state index in [0.717, 1.165) is 94.6 Å². The number of aliphatic hydroxyl groups is 1. The van der Waals surface area contributed by atoms with E-state index in [9.17, 15) is 9.90 Å². The zero-order valence-corrected chi connectivity index (χ0v) is 33.3. The first-order valence-electron chi connectivity index (χ1n) is 20.3. The first-order chi connectivity index (χ1) is 29.5. The molecule has 9 rings (SSSR count). The number of rotatable bonds is 11. The van der Waals surface area contributed by atoms with Crippen molar-refractivity contribution in [1.82, 2.24) is 9.97 Å². The number of allylic oxidation sites excluding steroid dienone is 2. The summed E-state index contributed by atoms with van der Waals surface area (Å²) in [6.07, 6.45) is 4.11. The first-order valence-corrected chi connectivity index (χ1v) is 20.3. The number of hydrogen-bond donors (Lipinski definition) is 1. The topological polar surface area (TPSA) is 63.1 Å². The summed E-state index contributed by atoms with van der Waals surface area (Å²) in [5.41, 5.74) is 16.9. The Labute approximate surface area is 350 Å². The molecule has 9 aromatic rings. The highest BCUT2D eigenvalue weighted by atomic mass is 16.3. The van der Waals surface area contributed by atoms with Crippen LogP contribution in [0.15, 0.2) is 212 Å². The molecule has 0 radical (unpaired) electrons. The molecule has 7 aromatic carbocycles. The molecule has 0 atom stereocenters. The minimum absolute atomic E-state index is 0.0212. The number of ketones is 1. The lowest BCUT2D eigenvalue weighted by molar-refractivity contribution is -0.114. The zero-order chi connectivity index (χ0) is 40.8. The summed E-state index contributed by atoms with van der Waals surface area (Å²) in [7, 11) is 0. The van der Waals surface area contributed by atoms with Gasteiger partial charge in [0.25, 0.3) is 0 Å². The van der Waals surface area contributed by atoms with Crippen molar-refractivity contribution in [1.29, 1.82) is 0 Å². The van der Waals surface area contributed by atoms with Gasteiger partial charge in [-0.25, -0.2) is 4.98 Å². The molecule has 2 aromatic heterocycles. The lowest BCUT2D eigenvalue weighted by Crippen LogP contribution is -1.99. The van der Waals surface area contributed by atoms with Crippen molar-refractivity contribution in [3.8, 4) is 78.1 Å². The van der Waals surface area contributed by atoms with E-state index in [2.05, 4.69) is 158 Å². The maximum atomic E-state index is 12.7. The van der Waals surface area contributed by atoms with Gasteiger partial charge in [-0.05, 0) is 105 Å². The molecule has 1 N–H and O–H groups in total. The van der Waals surface area contributed by atoms with Gasteiger partial charge in [-0.3, -0.25) is 9.78 Å². The molecule has 0 saturated carbocycles. The van der Waals surface area contributed by atoms with Gasteiger partial charge >= 0.3 is 0 Å². The number of aliphatic hydroxyl groups excluding tert-OH is 1. The van der Waals surface area contributed by atoms with Crippen LogP contribution in [-0.2, 0) is 11.2 Å². The summed E-state index contributed by atoms with van der Waals surface area (Å²) >= 11 is 0. The molecule has 0 saturated heterocycles. The van der Waals surface area contributed by atoms with Gasteiger partial charge in [0.05, 0.1) is 22.7 Å². The van der Waals surface area contributed by atoms with Gasteiger partial charge in [0.1, 0.15) is 0 Å². The van der Waals surface area contributed by atoms with E-state index >= 15 is 0 Å². The molecule has 0 bridgehead atoms. The Kier molecular flexibility index (Phi) is 10.8. The number of fused-ring (bicyclic) bond motifs is 1. The summed E-state index contributed by atoms with van der Waals surface area (Å²) in [5, 5.41) is 10.9. The molecule has 0 aliphatic carbocycles. The third-order valence-electron chi connectivity index (χ3n) is 11.0. The largest absolute Gasteiger partial charge is 0.512 e. The van der Waals surface area contributed by atoms with Crippen molar-refractivity contribution in [3.05, 3.63) is 218 Å². The number of hydrogen-bond acceptors (Lipinski definition) is 4. The Balaban J connectivity index is 1.15. The fourth-order valence-corrected chi connectivity index (χ4v) is 8.03. The normalized spacial score (nSPS) is 11.4. The number of aromatic nitrogens is 2. The maximum Gasteiger partial charge on any atom is 0.159 e. The molecule has 0 aliphatic rings. The predicted octanol–water partition coefficient (Wildman–Crippen LogP) is 14.3. The Morgan fingerprint density at radius 2 is 0.983 bits per heavy atom. The Hall–Kier alpha value is -7.69. The van der Waals surface area contributed by atoms with Gasteiger partial charge in [-0.1, -0.05) is 158 Å². The van der Waals surface area contributed by atoms with Crippen LogP contribution in [0, 0.1) is 0 Å². The van der Waals surface area contributed by atoms with Crippen molar-refractivity contribution < 1.29 is 9.90 Å². The molecule has 288 valence electrons. The summed E-state index contributed by atoms with van der Waals surface area (Å²) in [6.45, 7) is 1.53. The molecular weight excluding hydrogens is 733 g/mol. The molecule has 0 unspecified atom stereocenters. The van der Waals surface area contributed by atoms with Crippen molar-refractivity contribution in [2.45, 2.75) is 19.8 Å². The minimum atomic E-state index is -0.101. The van der Waals surface area contributed by atoms with Gasteiger partial charge in [-0.2, -0.15) is 0 Å². The van der Waals surface area contributed by atoms with Crippen LogP contribution >= 0.6 is 0 Å². The zero-order valence-electron chi connectivity index (χ0n) is 33.3. The smallest absolute Gasteiger partial charge is 0.159 e. The van der Waals surface area contributed by atoms with Crippen LogP contribution in [0.25, 0.3) is 89.1 Å². The molecule has 0 aliphatic heterocycles. The fourth-order valence-electron chi connectivity index (χ4n) is 8.03. The van der Waals surface area contributed by atoms with Gasteiger partial charge in [0.15, 0.2) is 5.78 Å².